The van der Waals surface area contributed by atoms with Gasteiger partial charge in [-0.3, -0.25) is 0 Å². The van der Waals surface area contributed by atoms with Crippen molar-refractivity contribution in [2.75, 3.05) is 13.1 Å². The fraction of sp³-hybridized carbons (Fsp3) is 0.941. The van der Waals surface area contributed by atoms with E-state index < -0.39 is 0 Å². The third kappa shape index (κ3) is 8.97. The Bertz CT molecular complexity index is 161. The minimum atomic E-state index is 1.04. The van der Waals surface area contributed by atoms with Crippen molar-refractivity contribution in [1.29, 1.82) is 0 Å². The normalized spacial score (nSPS) is 17.2. The molecule has 0 unspecified atom stereocenters. The first-order chi connectivity index (χ1) is 8.93. The van der Waals surface area contributed by atoms with Crippen LogP contribution in [0, 0.1) is 12.8 Å². The van der Waals surface area contributed by atoms with Gasteiger partial charge in [0, 0.05) is 0 Å². The van der Waals surface area contributed by atoms with E-state index in [1.165, 1.54) is 90.1 Å². The van der Waals surface area contributed by atoms with E-state index in [0.29, 0.717) is 0 Å². The van der Waals surface area contributed by atoms with E-state index in [1.807, 2.05) is 0 Å². The molecule has 0 bridgehead atoms. The van der Waals surface area contributed by atoms with Crippen LogP contribution in [-0.4, -0.2) is 13.1 Å². The standard InChI is InChI=1S/C17H34N/c1-2-3-4-5-6-7-8-9-10-11-12-17-13-15-18-16-14-17/h17-18H,1-16H2. The van der Waals surface area contributed by atoms with Gasteiger partial charge in [-0.1, -0.05) is 77.6 Å². The molecular weight excluding hydrogens is 218 g/mol. The van der Waals surface area contributed by atoms with Crippen molar-refractivity contribution in [3.05, 3.63) is 6.92 Å². The fourth-order valence-corrected chi connectivity index (χ4v) is 3.02. The van der Waals surface area contributed by atoms with Gasteiger partial charge in [-0.2, -0.15) is 0 Å². The summed E-state index contributed by atoms with van der Waals surface area (Å²) in [5.41, 5.74) is 0. The van der Waals surface area contributed by atoms with Crippen molar-refractivity contribution in [2.45, 2.75) is 83.5 Å². The Balaban J connectivity index is 1.73. The van der Waals surface area contributed by atoms with Crippen LogP contribution in [0.4, 0.5) is 0 Å². The summed E-state index contributed by atoms with van der Waals surface area (Å²) in [6.45, 7) is 6.41. The number of nitrogens with one attached hydrogen (secondary N) is 1. The molecule has 1 heteroatoms. The van der Waals surface area contributed by atoms with Crippen molar-refractivity contribution in [3.63, 3.8) is 0 Å². The lowest BCUT2D eigenvalue weighted by molar-refractivity contribution is 0.342. The van der Waals surface area contributed by atoms with E-state index in [0.717, 1.165) is 12.3 Å². The van der Waals surface area contributed by atoms with Gasteiger partial charge < -0.3 is 5.32 Å². The maximum Gasteiger partial charge on any atom is -0.00463 e. The summed E-state index contributed by atoms with van der Waals surface area (Å²) in [5, 5.41) is 3.45. The van der Waals surface area contributed by atoms with E-state index in [1.54, 1.807) is 0 Å². The third-order valence-electron chi connectivity index (χ3n) is 4.32. The predicted molar refractivity (Wildman–Crippen MR) is 81.7 cm³/mol. The summed E-state index contributed by atoms with van der Waals surface area (Å²) < 4.78 is 0. The second kappa shape index (κ2) is 12.0. The smallest absolute Gasteiger partial charge is 0.00463 e. The molecule has 0 aromatic carbocycles. The van der Waals surface area contributed by atoms with E-state index >= 15 is 0 Å². The van der Waals surface area contributed by atoms with Gasteiger partial charge in [-0.15, -0.1) is 0 Å². The van der Waals surface area contributed by atoms with Crippen LogP contribution in [0.5, 0.6) is 0 Å². The second-order valence-electron chi connectivity index (χ2n) is 6.02. The topological polar surface area (TPSA) is 12.0 Å². The van der Waals surface area contributed by atoms with Gasteiger partial charge in [0.2, 0.25) is 0 Å². The van der Waals surface area contributed by atoms with Crippen molar-refractivity contribution in [1.82, 2.24) is 5.32 Å². The van der Waals surface area contributed by atoms with E-state index in [-0.39, 0.29) is 0 Å². The van der Waals surface area contributed by atoms with Crippen molar-refractivity contribution in [2.24, 2.45) is 5.92 Å². The van der Waals surface area contributed by atoms with Gasteiger partial charge >= 0.3 is 0 Å². The number of hydrogen-bond donors (Lipinski definition) is 1. The minimum Gasteiger partial charge on any atom is -0.317 e. The summed E-state index contributed by atoms with van der Waals surface area (Å²) >= 11 is 0. The average molecular weight is 252 g/mol. The molecule has 1 fully saturated rings. The van der Waals surface area contributed by atoms with Crippen LogP contribution >= 0.6 is 0 Å². The molecule has 0 aromatic rings. The summed E-state index contributed by atoms with van der Waals surface area (Å²) in [5.74, 6) is 1.04. The Morgan fingerprint density at radius 1 is 0.722 bits per heavy atom. The molecule has 0 spiro atoms. The molecule has 1 saturated heterocycles. The van der Waals surface area contributed by atoms with Gasteiger partial charge in [0.05, 0.1) is 0 Å². The molecule has 1 N–H and O–H groups in total. The van der Waals surface area contributed by atoms with Gasteiger partial charge in [0.15, 0.2) is 0 Å². The van der Waals surface area contributed by atoms with E-state index in [4.69, 9.17) is 0 Å². The highest BCUT2D eigenvalue weighted by molar-refractivity contribution is 4.68. The van der Waals surface area contributed by atoms with Crippen LogP contribution in [0.1, 0.15) is 83.5 Å². The number of piperidine rings is 1. The summed E-state index contributed by atoms with van der Waals surface area (Å²) in [4.78, 5) is 0. The lowest BCUT2D eigenvalue weighted by Crippen LogP contribution is -2.27. The first kappa shape index (κ1) is 16.0. The Hall–Kier alpha value is -0.0400. The Morgan fingerprint density at radius 2 is 1.22 bits per heavy atom. The Kier molecular flexibility index (Phi) is 10.7. The highest BCUT2D eigenvalue weighted by Gasteiger charge is 2.11. The van der Waals surface area contributed by atoms with Crippen LogP contribution < -0.4 is 5.32 Å². The number of hydrogen-bond acceptors (Lipinski definition) is 1. The van der Waals surface area contributed by atoms with Crippen LogP contribution in [0.2, 0.25) is 0 Å². The highest BCUT2D eigenvalue weighted by Crippen LogP contribution is 2.20. The zero-order valence-corrected chi connectivity index (χ0v) is 12.4. The average Bonchev–Trinajstić information content (AvgIpc) is 2.42. The maximum atomic E-state index is 3.89. The molecule has 0 saturated carbocycles. The molecule has 1 rings (SSSR count). The van der Waals surface area contributed by atoms with Crippen LogP contribution in [0.15, 0.2) is 0 Å². The molecule has 1 aliphatic heterocycles. The molecule has 18 heavy (non-hydrogen) atoms. The van der Waals surface area contributed by atoms with Gasteiger partial charge in [-0.25, -0.2) is 0 Å². The third-order valence-corrected chi connectivity index (χ3v) is 4.32. The van der Waals surface area contributed by atoms with Crippen LogP contribution in [0.25, 0.3) is 0 Å². The molecular formula is C17H34N. The van der Waals surface area contributed by atoms with Gasteiger partial charge in [-0.05, 0) is 31.8 Å². The molecule has 107 valence electrons. The van der Waals surface area contributed by atoms with Gasteiger partial charge in [0.1, 0.15) is 0 Å². The molecule has 1 nitrogen and oxygen atoms in total. The largest absolute Gasteiger partial charge is 0.317 e. The van der Waals surface area contributed by atoms with Gasteiger partial charge in [0.25, 0.3) is 0 Å². The lowest BCUT2D eigenvalue weighted by Gasteiger charge is -2.22. The zero-order chi connectivity index (χ0) is 12.9. The number of unbranched alkanes of at least 4 members (excludes halogenated alkanes) is 9. The lowest BCUT2D eigenvalue weighted by atomic mass is 9.92. The summed E-state index contributed by atoms with van der Waals surface area (Å²) in [6.07, 6.45) is 18.4. The SMILES string of the molecule is [CH2]CCCCCCCCCCCC1CCNCC1. The molecule has 1 heterocycles. The molecule has 1 aliphatic rings. The maximum absolute atomic E-state index is 3.89. The predicted octanol–water partition coefficient (Wildman–Crippen LogP) is 5.11. The quantitative estimate of drug-likeness (QED) is 0.504. The Morgan fingerprint density at radius 3 is 1.78 bits per heavy atom. The molecule has 0 aliphatic carbocycles. The fourth-order valence-electron chi connectivity index (χ4n) is 3.02. The van der Waals surface area contributed by atoms with E-state index in [9.17, 15) is 0 Å². The zero-order valence-electron chi connectivity index (χ0n) is 12.4. The van der Waals surface area contributed by atoms with Crippen molar-refractivity contribution >= 4 is 0 Å². The second-order valence-corrected chi connectivity index (χ2v) is 6.02. The number of rotatable bonds is 11. The molecule has 0 amide bonds. The Labute approximate surface area is 115 Å². The van der Waals surface area contributed by atoms with Crippen molar-refractivity contribution < 1.29 is 0 Å². The summed E-state index contributed by atoms with van der Waals surface area (Å²) in [7, 11) is 0. The van der Waals surface area contributed by atoms with Crippen LogP contribution in [-0.2, 0) is 0 Å². The monoisotopic (exact) mass is 252 g/mol. The van der Waals surface area contributed by atoms with Crippen LogP contribution in [0.3, 0.4) is 0 Å². The molecule has 1 radical (unpaired) electrons. The first-order valence-electron chi connectivity index (χ1n) is 8.43. The van der Waals surface area contributed by atoms with E-state index in [2.05, 4.69) is 12.2 Å². The first-order valence-corrected chi connectivity index (χ1v) is 8.43. The highest BCUT2D eigenvalue weighted by atomic mass is 14.9. The minimum absolute atomic E-state index is 1.04. The molecule has 0 aromatic heterocycles. The summed E-state index contributed by atoms with van der Waals surface area (Å²) in [6, 6.07) is 0. The molecule has 0 atom stereocenters. The van der Waals surface area contributed by atoms with Crippen molar-refractivity contribution in [3.8, 4) is 0 Å².